The normalized spacial score (nSPS) is 14.3. The first-order valence-electron chi connectivity index (χ1n) is 23.5. The number of rotatable bonds is 40. The van der Waals surface area contributed by atoms with Crippen molar-refractivity contribution in [1.29, 1.82) is 0 Å². The molecule has 0 heterocycles. The van der Waals surface area contributed by atoms with Crippen LogP contribution in [0.25, 0.3) is 0 Å². The molecule has 2 atom stereocenters. The van der Waals surface area contributed by atoms with E-state index >= 15 is 0 Å². The maximum Gasteiger partial charge on any atom is 0.220 e. The molecule has 0 bridgehead atoms. The van der Waals surface area contributed by atoms with Crippen molar-refractivity contribution in [2.75, 3.05) is 6.61 Å². The van der Waals surface area contributed by atoms with Crippen LogP contribution in [0.15, 0.2) is 146 Å². The molecule has 0 saturated carbocycles. The third kappa shape index (κ3) is 45.2. The summed E-state index contributed by atoms with van der Waals surface area (Å²) < 4.78 is 0. The fourth-order valence-electron chi connectivity index (χ4n) is 6.00. The molecule has 0 radical (unpaired) electrons. The van der Waals surface area contributed by atoms with Crippen molar-refractivity contribution >= 4 is 5.91 Å². The molecule has 1 amide bonds. The minimum Gasteiger partial charge on any atom is -0.394 e. The summed E-state index contributed by atoms with van der Waals surface area (Å²) in [5.41, 5.74) is 0. The van der Waals surface area contributed by atoms with Gasteiger partial charge in [0.15, 0.2) is 0 Å². The maximum atomic E-state index is 12.3. The van der Waals surface area contributed by atoms with Gasteiger partial charge in [-0.15, -0.1) is 0 Å². The van der Waals surface area contributed by atoms with Crippen molar-refractivity contribution in [1.82, 2.24) is 5.32 Å². The zero-order valence-electron chi connectivity index (χ0n) is 37.7. The van der Waals surface area contributed by atoms with Gasteiger partial charge in [-0.25, -0.2) is 0 Å². The average molecular weight is 810 g/mol. The molecule has 0 aliphatic carbocycles. The fraction of sp³-hybridized carbons (Fsp3) is 0.545. The molecule has 0 aromatic carbocycles. The standard InChI is InChI=1S/C55H87NO3/c1-3-5-7-9-11-12-13-14-15-16-17-18-19-20-21-22-23-24-25-26-27-28-29-30-31-32-33-34-35-36-37-38-39-40-41-42-43-44-45-47-49-51-55(59)56-53(52-57)54(58)50-48-46-10-8-6-4-2/h5,7,11-12,14-15,17-18,20-21,23-24,26-27,29-30,32-33,35-36,38-39,48,50,53-54,57-58H,3-4,6,8-10,13,16,19,22,25,28,31,34,37,40-47,49,51-52H2,1-2H3,(H,56,59)/b7-5-,12-11-,15-14-,18-17-,21-20-,24-23-,27-26-,30-29-,33-32-,36-35-,39-38-,50-48+. The van der Waals surface area contributed by atoms with Crippen LogP contribution < -0.4 is 5.32 Å². The Morgan fingerprint density at radius 2 is 0.746 bits per heavy atom. The molecule has 3 N–H and O–H groups in total. The molecule has 2 unspecified atom stereocenters. The van der Waals surface area contributed by atoms with Crippen molar-refractivity contribution in [3.63, 3.8) is 0 Å². The summed E-state index contributed by atoms with van der Waals surface area (Å²) >= 11 is 0. The van der Waals surface area contributed by atoms with Crippen LogP contribution in [0.4, 0.5) is 0 Å². The molecule has 0 fully saturated rings. The summed E-state index contributed by atoms with van der Waals surface area (Å²) in [6, 6.07) is -0.634. The highest BCUT2D eigenvalue weighted by molar-refractivity contribution is 5.76. The quantitative estimate of drug-likeness (QED) is 0.0426. The fourth-order valence-corrected chi connectivity index (χ4v) is 6.00. The van der Waals surface area contributed by atoms with Gasteiger partial charge >= 0.3 is 0 Å². The van der Waals surface area contributed by atoms with Crippen LogP contribution in [0.3, 0.4) is 0 Å². The van der Waals surface area contributed by atoms with E-state index in [1.54, 1.807) is 6.08 Å². The monoisotopic (exact) mass is 810 g/mol. The summed E-state index contributed by atoms with van der Waals surface area (Å²) in [5, 5.41) is 22.7. The number of aliphatic hydroxyl groups is 2. The molecular formula is C55H87NO3. The first kappa shape index (κ1) is 55.3. The van der Waals surface area contributed by atoms with Crippen LogP contribution in [0.5, 0.6) is 0 Å². The number of nitrogens with one attached hydrogen (secondary N) is 1. The van der Waals surface area contributed by atoms with Gasteiger partial charge in [-0.1, -0.05) is 211 Å². The van der Waals surface area contributed by atoms with E-state index < -0.39 is 12.1 Å². The molecule has 59 heavy (non-hydrogen) atoms. The second-order valence-electron chi connectivity index (χ2n) is 15.1. The van der Waals surface area contributed by atoms with E-state index in [0.717, 1.165) is 109 Å². The van der Waals surface area contributed by atoms with Gasteiger partial charge in [-0.05, 0) is 103 Å². The maximum absolute atomic E-state index is 12.3. The lowest BCUT2D eigenvalue weighted by Crippen LogP contribution is -2.45. The summed E-state index contributed by atoms with van der Waals surface area (Å²) in [4.78, 5) is 12.3. The van der Waals surface area contributed by atoms with Gasteiger partial charge in [-0.3, -0.25) is 4.79 Å². The Balaban J connectivity index is 3.66. The zero-order chi connectivity index (χ0) is 42.8. The molecule has 0 aliphatic heterocycles. The smallest absolute Gasteiger partial charge is 0.220 e. The van der Waals surface area contributed by atoms with Crippen LogP contribution in [-0.4, -0.2) is 34.9 Å². The summed E-state index contributed by atoms with van der Waals surface area (Å²) in [6.45, 7) is 4.09. The largest absolute Gasteiger partial charge is 0.394 e. The average Bonchev–Trinajstić information content (AvgIpc) is 3.24. The van der Waals surface area contributed by atoms with E-state index in [4.69, 9.17) is 0 Å². The SMILES string of the molecule is CC/C=C\C/C=C\C/C=C\C/C=C\C/C=C\C/C=C\C/C=C\C/C=C\C/C=C\C/C=C\C/C=C\CCCCCCCCCC(=O)NC(CO)C(O)/C=C/CCCCCC. The van der Waals surface area contributed by atoms with Crippen molar-refractivity contribution < 1.29 is 15.0 Å². The minimum absolute atomic E-state index is 0.0891. The van der Waals surface area contributed by atoms with E-state index in [2.05, 4.69) is 153 Å². The predicted octanol–water partition coefficient (Wildman–Crippen LogP) is 15.3. The third-order valence-corrected chi connectivity index (χ3v) is 9.58. The summed E-state index contributed by atoms with van der Waals surface area (Å²) in [7, 11) is 0. The zero-order valence-corrected chi connectivity index (χ0v) is 37.7. The summed E-state index contributed by atoms with van der Waals surface area (Å²) in [6.07, 6.45) is 78.5. The first-order chi connectivity index (χ1) is 29.2. The van der Waals surface area contributed by atoms with Gasteiger partial charge in [0.05, 0.1) is 18.8 Å². The number of hydrogen-bond donors (Lipinski definition) is 3. The second kappa shape index (κ2) is 48.6. The van der Waals surface area contributed by atoms with Crippen LogP contribution >= 0.6 is 0 Å². The Morgan fingerprint density at radius 3 is 1.12 bits per heavy atom. The second-order valence-corrected chi connectivity index (χ2v) is 15.1. The minimum atomic E-state index is -0.849. The number of allylic oxidation sites excluding steroid dienone is 23. The molecule has 0 aliphatic rings. The Morgan fingerprint density at radius 1 is 0.424 bits per heavy atom. The van der Waals surface area contributed by atoms with Gasteiger partial charge in [0.1, 0.15) is 0 Å². The highest BCUT2D eigenvalue weighted by Gasteiger charge is 2.17. The van der Waals surface area contributed by atoms with Crippen molar-refractivity contribution in [3.05, 3.63) is 146 Å². The lowest BCUT2D eigenvalue weighted by Gasteiger charge is -2.20. The van der Waals surface area contributed by atoms with Crippen molar-refractivity contribution in [2.24, 2.45) is 0 Å². The Labute approximate surface area is 363 Å². The van der Waals surface area contributed by atoms with E-state index in [-0.39, 0.29) is 12.5 Å². The highest BCUT2D eigenvalue weighted by atomic mass is 16.3. The lowest BCUT2D eigenvalue weighted by molar-refractivity contribution is -0.123. The molecule has 4 heteroatoms. The number of aliphatic hydroxyl groups excluding tert-OH is 2. The van der Waals surface area contributed by atoms with E-state index in [0.29, 0.717) is 6.42 Å². The molecule has 4 nitrogen and oxygen atoms in total. The van der Waals surface area contributed by atoms with Gasteiger partial charge < -0.3 is 15.5 Å². The summed E-state index contributed by atoms with van der Waals surface area (Å²) in [5.74, 6) is -0.0891. The predicted molar refractivity (Wildman–Crippen MR) is 261 cm³/mol. The Kier molecular flexibility index (Phi) is 45.6. The van der Waals surface area contributed by atoms with E-state index in [1.165, 1.54) is 44.9 Å². The molecule has 0 aromatic rings. The number of hydrogen-bond acceptors (Lipinski definition) is 3. The number of unbranched alkanes of at least 4 members (excludes halogenated alkanes) is 11. The van der Waals surface area contributed by atoms with Crippen LogP contribution in [0.2, 0.25) is 0 Å². The third-order valence-electron chi connectivity index (χ3n) is 9.58. The molecule has 0 spiro atoms. The van der Waals surface area contributed by atoms with E-state index in [1.807, 2.05) is 6.08 Å². The van der Waals surface area contributed by atoms with Gasteiger partial charge in [0.2, 0.25) is 5.91 Å². The number of amides is 1. The topological polar surface area (TPSA) is 69.6 Å². The van der Waals surface area contributed by atoms with Crippen LogP contribution in [0.1, 0.15) is 174 Å². The highest BCUT2D eigenvalue weighted by Crippen LogP contribution is 2.11. The first-order valence-corrected chi connectivity index (χ1v) is 23.5. The van der Waals surface area contributed by atoms with Crippen LogP contribution in [0, 0.1) is 0 Å². The molecular weight excluding hydrogens is 723 g/mol. The van der Waals surface area contributed by atoms with Crippen LogP contribution in [-0.2, 0) is 4.79 Å². The number of carbonyl (C=O) groups excluding carboxylic acids is 1. The number of carbonyl (C=O) groups is 1. The van der Waals surface area contributed by atoms with Gasteiger partial charge in [0.25, 0.3) is 0 Å². The van der Waals surface area contributed by atoms with Crippen molar-refractivity contribution in [2.45, 2.75) is 187 Å². The Hall–Kier alpha value is -3.73. The molecule has 330 valence electrons. The lowest BCUT2D eigenvalue weighted by atomic mass is 10.1. The van der Waals surface area contributed by atoms with Gasteiger partial charge in [-0.2, -0.15) is 0 Å². The molecule has 0 rings (SSSR count). The van der Waals surface area contributed by atoms with Crippen molar-refractivity contribution in [3.8, 4) is 0 Å². The Bertz CT molecular complexity index is 1280. The molecule has 0 saturated heterocycles. The van der Waals surface area contributed by atoms with E-state index in [9.17, 15) is 15.0 Å². The van der Waals surface area contributed by atoms with Gasteiger partial charge in [0, 0.05) is 6.42 Å². The molecule has 0 aromatic heterocycles.